The number of amides is 2. The maximum absolute atomic E-state index is 11.6. The maximum atomic E-state index is 11.6. The third kappa shape index (κ3) is 3.59. The molecule has 1 rings (SSSR count). The number of nitrogens with zero attached hydrogens (tertiary/aromatic N) is 1. The lowest BCUT2D eigenvalue weighted by molar-refractivity contribution is -0.146. The topological polar surface area (TPSA) is 105 Å². The van der Waals surface area contributed by atoms with Gasteiger partial charge in [-0.15, -0.1) is 0 Å². The van der Waals surface area contributed by atoms with Gasteiger partial charge in [-0.1, -0.05) is 6.92 Å². The normalized spacial score (nSPS) is 22.7. The van der Waals surface area contributed by atoms with Crippen molar-refractivity contribution >= 4 is 18.0 Å². The van der Waals surface area contributed by atoms with Crippen molar-refractivity contribution in [3.63, 3.8) is 0 Å². The molecule has 8 nitrogen and oxygen atoms in total. The minimum atomic E-state index is -1.18. The smallest absolute Gasteiger partial charge is 0.341 e. The Morgan fingerprint density at radius 2 is 2.06 bits per heavy atom. The fourth-order valence-corrected chi connectivity index (χ4v) is 1.81. The average Bonchev–Trinajstić information content (AvgIpc) is 2.70. The number of likely N-dealkylation sites (tertiary alicyclic amines) is 1. The van der Waals surface area contributed by atoms with Gasteiger partial charge in [0.1, 0.15) is 0 Å². The zero-order valence-corrected chi connectivity index (χ0v) is 10.2. The highest BCUT2D eigenvalue weighted by Crippen LogP contribution is 2.23. The summed E-state index contributed by atoms with van der Waals surface area (Å²) in [7, 11) is 1.30. The molecular weight excluding hydrogens is 244 g/mol. The Bertz CT molecular complexity index is 345. The van der Waals surface area contributed by atoms with Crippen molar-refractivity contribution in [3.8, 4) is 0 Å². The van der Waals surface area contributed by atoms with Gasteiger partial charge in [0.25, 0.3) is 0 Å². The van der Waals surface area contributed by atoms with Gasteiger partial charge in [0, 0.05) is 13.1 Å². The minimum absolute atomic E-state index is 0.0114. The first kappa shape index (κ1) is 14.2. The Kier molecular flexibility index (Phi) is 4.90. The molecule has 102 valence electrons. The number of nitrogens with one attached hydrogen (secondary N) is 1. The number of urea groups is 1. The number of esters is 1. The van der Waals surface area contributed by atoms with Crippen LogP contribution in [0.1, 0.15) is 6.92 Å². The summed E-state index contributed by atoms with van der Waals surface area (Å²) >= 11 is 0. The van der Waals surface area contributed by atoms with Gasteiger partial charge in [-0.25, -0.2) is 15.1 Å². The predicted octanol–water partition coefficient (Wildman–Crippen LogP) is -0.547. The number of aliphatic carboxylic acids is 1. The number of rotatable bonds is 4. The summed E-state index contributed by atoms with van der Waals surface area (Å²) in [6.07, 6.45) is 0. The van der Waals surface area contributed by atoms with Gasteiger partial charge in [0.05, 0.1) is 13.0 Å². The lowest BCUT2D eigenvalue weighted by Gasteiger charge is -2.16. The molecule has 2 atom stereocenters. The summed E-state index contributed by atoms with van der Waals surface area (Å²) in [6, 6.07) is -0.561. The van der Waals surface area contributed by atoms with Crippen molar-refractivity contribution in [3.05, 3.63) is 0 Å². The van der Waals surface area contributed by atoms with Crippen LogP contribution >= 0.6 is 0 Å². The Labute approximate surface area is 104 Å². The quantitative estimate of drug-likeness (QED) is 0.519. The summed E-state index contributed by atoms with van der Waals surface area (Å²) in [6.45, 7) is 1.85. The number of methoxy groups -OCH3 is 1. The van der Waals surface area contributed by atoms with Crippen molar-refractivity contribution in [2.75, 3.05) is 26.8 Å². The van der Waals surface area contributed by atoms with Crippen LogP contribution in [0.15, 0.2) is 0 Å². The Morgan fingerprint density at radius 3 is 2.61 bits per heavy atom. The first-order chi connectivity index (χ1) is 8.45. The SMILES string of the molecule is COC(=O)C1CN(C(=O)NOCC(=O)O)CC1C. The number of carbonyl (C=O) groups excluding carboxylic acids is 2. The molecule has 1 aliphatic rings. The van der Waals surface area contributed by atoms with Crippen molar-refractivity contribution < 1.29 is 29.1 Å². The van der Waals surface area contributed by atoms with Crippen molar-refractivity contribution in [2.24, 2.45) is 11.8 Å². The zero-order valence-electron chi connectivity index (χ0n) is 10.2. The molecule has 0 bridgehead atoms. The molecule has 0 spiro atoms. The average molecular weight is 260 g/mol. The Hall–Kier alpha value is -1.83. The molecule has 2 unspecified atom stereocenters. The van der Waals surface area contributed by atoms with E-state index in [4.69, 9.17) is 5.11 Å². The molecule has 1 fully saturated rings. The lowest BCUT2D eigenvalue weighted by atomic mass is 9.99. The largest absolute Gasteiger partial charge is 0.479 e. The van der Waals surface area contributed by atoms with E-state index >= 15 is 0 Å². The van der Waals surface area contributed by atoms with Crippen LogP contribution < -0.4 is 5.48 Å². The molecule has 0 aromatic rings. The zero-order chi connectivity index (χ0) is 13.7. The highest BCUT2D eigenvalue weighted by atomic mass is 16.7. The van der Waals surface area contributed by atoms with Gasteiger partial charge in [-0.2, -0.15) is 0 Å². The van der Waals surface area contributed by atoms with Crippen LogP contribution in [0.25, 0.3) is 0 Å². The Morgan fingerprint density at radius 1 is 1.39 bits per heavy atom. The summed E-state index contributed by atoms with van der Waals surface area (Å²) in [5.74, 6) is -1.91. The van der Waals surface area contributed by atoms with Crippen molar-refractivity contribution in [2.45, 2.75) is 6.92 Å². The first-order valence-electron chi connectivity index (χ1n) is 5.42. The molecule has 0 saturated carbocycles. The highest BCUT2D eigenvalue weighted by molar-refractivity contribution is 5.78. The molecule has 0 aromatic carbocycles. The monoisotopic (exact) mass is 260 g/mol. The highest BCUT2D eigenvalue weighted by Gasteiger charge is 2.37. The minimum Gasteiger partial charge on any atom is -0.479 e. The van der Waals surface area contributed by atoms with Crippen LogP contribution in [-0.4, -0.2) is 54.8 Å². The number of ether oxygens (including phenoxy) is 1. The molecule has 8 heteroatoms. The van der Waals surface area contributed by atoms with Crippen molar-refractivity contribution in [1.82, 2.24) is 10.4 Å². The fraction of sp³-hybridized carbons (Fsp3) is 0.700. The molecular formula is C10H16N2O6. The number of hydroxylamine groups is 1. The predicted molar refractivity (Wildman–Crippen MR) is 58.4 cm³/mol. The molecule has 1 heterocycles. The summed E-state index contributed by atoms with van der Waals surface area (Å²) in [5, 5.41) is 8.33. The van der Waals surface area contributed by atoms with Gasteiger partial charge in [-0.05, 0) is 5.92 Å². The van der Waals surface area contributed by atoms with E-state index < -0.39 is 18.6 Å². The van der Waals surface area contributed by atoms with Gasteiger partial charge in [-0.3, -0.25) is 9.63 Å². The van der Waals surface area contributed by atoms with E-state index in [1.165, 1.54) is 12.0 Å². The van der Waals surface area contributed by atoms with Crippen LogP contribution in [0, 0.1) is 11.8 Å². The fourth-order valence-electron chi connectivity index (χ4n) is 1.81. The maximum Gasteiger partial charge on any atom is 0.341 e. The van der Waals surface area contributed by atoms with Gasteiger partial charge < -0.3 is 14.7 Å². The number of carboxylic acid groups (broad SMARTS) is 1. The second kappa shape index (κ2) is 6.20. The van der Waals surface area contributed by atoms with Crippen LogP contribution in [0.3, 0.4) is 0 Å². The van der Waals surface area contributed by atoms with E-state index in [1.54, 1.807) is 0 Å². The van der Waals surface area contributed by atoms with Crippen LogP contribution in [0.2, 0.25) is 0 Å². The molecule has 0 aromatic heterocycles. The van der Waals surface area contributed by atoms with E-state index in [2.05, 4.69) is 9.57 Å². The van der Waals surface area contributed by atoms with E-state index in [1.807, 2.05) is 12.4 Å². The van der Waals surface area contributed by atoms with Gasteiger partial charge >= 0.3 is 18.0 Å². The van der Waals surface area contributed by atoms with Crippen molar-refractivity contribution in [1.29, 1.82) is 0 Å². The summed E-state index contributed by atoms with van der Waals surface area (Å²) in [4.78, 5) is 39.0. The van der Waals surface area contributed by atoms with Gasteiger partial charge in [0.15, 0.2) is 6.61 Å². The standard InChI is InChI=1S/C10H16N2O6/c1-6-3-12(4-7(6)9(15)17-2)10(16)11-18-5-8(13)14/h6-7H,3-5H2,1-2H3,(H,11,16)(H,13,14). The van der Waals surface area contributed by atoms with Gasteiger partial charge in [0.2, 0.25) is 0 Å². The number of hydrogen-bond acceptors (Lipinski definition) is 5. The third-order valence-corrected chi connectivity index (χ3v) is 2.76. The second-order valence-corrected chi connectivity index (χ2v) is 4.10. The molecule has 2 N–H and O–H groups in total. The number of hydrogen-bond donors (Lipinski definition) is 2. The molecule has 1 saturated heterocycles. The number of carbonyl (C=O) groups is 3. The molecule has 0 radical (unpaired) electrons. The molecule has 2 amide bonds. The van der Waals surface area contributed by atoms with Crippen LogP contribution in [0.5, 0.6) is 0 Å². The van der Waals surface area contributed by atoms with Crippen LogP contribution in [0.4, 0.5) is 4.79 Å². The molecule has 1 aliphatic heterocycles. The molecule has 0 aliphatic carbocycles. The van der Waals surface area contributed by atoms with E-state index in [-0.39, 0.29) is 24.3 Å². The first-order valence-corrected chi connectivity index (χ1v) is 5.42. The number of carboxylic acids is 1. The second-order valence-electron chi connectivity index (χ2n) is 4.10. The van der Waals surface area contributed by atoms with Crippen LogP contribution in [-0.2, 0) is 19.2 Å². The van der Waals surface area contributed by atoms with E-state index in [0.29, 0.717) is 6.54 Å². The summed E-state index contributed by atoms with van der Waals surface area (Å²) in [5.41, 5.74) is 2.01. The van der Waals surface area contributed by atoms with E-state index in [0.717, 1.165) is 0 Å². The Balaban J connectivity index is 2.42. The summed E-state index contributed by atoms with van der Waals surface area (Å²) < 4.78 is 4.64. The third-order valence-electron chi connectivity index (χ3n) is 2.76. The molecule has 18 heavy (non-hydrogen) atoms. The lowest BCUT2D eigenvalue weighted by Crippen LogP contribution is -2.39. The van der Waals surface area contributed by atoms with E-state index in [9.17, 15) is 14.4 Å².